The molecule has 1 aliphatic heterocycles. The molecule has 0 radical (unpaired) electrons. The highest BCUT2D eigenvalue weighted by Gasteiger charge is 2.34. The number of nitrogens with one attached hydrogen (secondary N) is 2. The fourth-order valence-electron chi connectivity index (χ4n) is 2.50. The molecule has 2 aromatic rings. The summed E-state index contributed by atoms with van der Waals surface area (Å²) in [4.78, 5) is 12.1. The molecule has 1 aliphatic rings. The van der Waals surface area contributed by atoms with Crippen molar-refractivity contribution >= 4 is 17.3 Å². The van der Waals surface area contributed by atoms with Crippen molar-refractivity contribution in [1.29, 1.82) is 0 Å². The van der Waals surface area contributed by atoms with Crippen LogP contribution in [-0.2, 0) is 4.79 Å². The van der Waals surface area contributed by atoms with E-state index in [1.54, 1.807) is 0 Å². The lowest BCUT2D eigenvalue weighted by Gasteiger charge is -2.15. The molecule has 0 spiro atoms. The van der Waals surface area contributed by atoms with Gasteiger partial charge in [0.25, 0.3) is 5.91 Å². The van der Waals surface area contributed by atoms with Crippen LogP contribution in [0.5, 0.6) is 11.5 Å². The van der Waals surface area contributed by atoms with Crippen LogP contribution >= 0.6 is 0 Å². The molecule has 0 saturated carbocycles. The number of halogens is 6. The summed E-state index contributed by atoms with van der Waals surface area (Å²) < 4.78 is 80.8. The highest BCUT2D eigenvalue weighted by molar-refractivity contribution is 6.04. The molecule has 1 unspecified atom stereocenters. The van der Waals surface area contributed by atoms with E-state index in [2.05, 4.69) is 20.1 Å². The molecule has 0 fully saturated rings. The Morgan fingerprint density at radius 1 is 0.852 bits per heavy atom. The van der Waals surface area contributed by atoms with E-state index in [9.17, 15) is 31.1 Å². The molecule has 5 nitrogen and oxygen atoms in total. The van der Waals surface area contributed by atoms with Gasteiger partial charge in [0.2, 0.25) is 0 Å². The van der Waals surface area contributed by atoms with Crippen LogP contribution in [0.15, 0.2) is 42.5 Å². The minimum atomic E-state index is -4.87. The summed E-state index contributed by atoms with van der Waals surface area (Å²) in [5, 5.41) is 5.21. The van der Waals surface area contributed by atoms with Gasteiger partial charge < -0.3 is 20.1 Å². The maximum absolute atomic E-state index is 12.3. The molecular weight excluding hydrogens is 382 g/mol. The first-order valence-electron chi connectivity index (χ1n) is 7.33. The Labute approximate surface area is 147 Å². The Morgan fingerprint density at radius 2 is 1.41 bits per heavy atom. The maximum atomic E-state index is 12.3. The average molecular weight is 392 g/mol. The van der Waals surface area contributed by atoms with Gasteiger partial charge >= 0.3 is 12.7 Å². The van der Waals surface area contributed by atoms with E-state index in [0.29, 0.717) is 11.3 Å². The Bertz CT molecular complexity index is 849. The Kier molecular flexibility index (Phi) is 4.54. The zero-order valence-corrected chi connectivity index (χ0v) is 13.1. The van der Waals surface area contributed by atoms with Crippen LogP contribution in [0.2, 0.25) is 0 Å². The lowest BCUT2D eigenvalue weighted by Crippen LogP contribution is -2.20. The zero-order chi connectivity index (χ0) is 19.8. The number of ether oxygens (including phenoxy) is 2. The first kappa shape index (κ1) is 18.7. The van der Waals surface area contributed by atoms with Gasteiger partial charge in [-0.1, -0.05) is 6.07 Å². The fourth-order valence-corrected chi connectivity index (χ4v) is 2.50. The van der Waals surface area contributed by atoms with Crippen LogP contribution in [-0.4, -0.2) is 18.6 Å². The van der Waals surface area contributed by atoms with Crippen LogP contribution in [0.25, 0.3) is 0 Å². The highest BCUT2D eigenvalue weighted by atomic mass is 19.4. The summed E-state index contributed by atoms with van der Waals surface area (Å²) in [5.74, 6) is -1.46. The van der Waals surface area contributed by atoms with Gasteiger partial charge in [0.1, 0.15) is 17.5 Å². The molecule has 0 aliphatic carbocycles. The van der Waals surface area contributed by atoms with Gasteiger partial charge in [-0.2, -0.15) is 0 Å². The third-order valence-corrected chi connectivity index (χ3v) is 3.49. The number of carbonyl (C=O) groups is 1. The second-order valence-corrected chi connectivity index (χ2v) is 5.44. The number of hydrogen-bond donors (Lipinski definition) is 2. The van der Waals surface area contributed by atoms with Crippen LogP contribution in [0, 0.1) is 0 Å². The number of rotatable bonds is 4. The van der Waals surface area contributed by atoms with Gasteiger partial charge in [-0.05, 0) is 30.3 Å². The van der Waals surface area contributed by atoms with E-state index in [-0.39, 0.29) is 5.69 Å². The van der Waals surface area contributed by atoms with Crippen molar-refractivity contribution in [2.45, 2.75) is 18.8 Å². The van der Waals surface area contributed by atoms with Crippen LogP contribution in [0.3, 0.4) is 0 Å². The number of amides is 1. The molecule has 11 heteroatoms. The molecule has 1 atom stereocenters. The molecule has 0 aromatic heterocycles. The minimum Gasteiger partial charge on any atom is -0.406 e. The summed E-state index contributed by atoms with van der Waals surface area (Å²) in [6.07, 6.45) is -9.69. The monoisotopic (exact) mass is 392 g/mol. The van der Waals surface area contributed by atoms with Crippen molar-refractivity contribution in [3.63, 3.8) is 0 Å². The van der Waals surface area contributed by atoms with Gasteiger partial charge in [0.15, 0.2) is 0 Å². The number of anilines is 2. The molecule has 2 N–H and O–H groups in total. The number of alkyl halides is 6. The van der Waals surface area contributed by atoms with Crippen molar-refractivity contribution in [3.8, 4) is 11.5 Å². The lowest BCUT2D eigenvalue weighted by molar-refractivity contribution is -0.275. The second kappa shape index (κ2) is 6.56. The summed E-state index contributed by atoms with van der Waals surface area (Å²) in [7, 11) is 0. The fraction of sp³-hybridized carbons (Fsp3) is 0.188. The molecule has 0 bridgehead atoms. The molecule has 1 heterocycles. The maximum Gasteiger partial charge on any atom is 0.573 e. The van der Waals surface area contributed by atoms with Crippen molar-refractivity contribution in [3.05, 3.63) is 48.0 Å². The molecule has 0 saturated heterocycles. The summed E-state index contributed by atoms with van der Waals surface area (Å²) in [6, 6.07) is 7.10. The third-order valence-electron chi connectivity index (χ3n) is 3.49. The van der Waals surface area contributed by atoms with Gasteiger partial charge in [-0.15, -0.1) is 26.3 Å². The Balaban J connectivity index is 1.75. The van der Waals surface area contributed by atoms with Gasteiger partial charge in [-0.25, -0.2) is 0 Å². The standard InChI is InChI=1S/C16H10F6N2O3/c17-15(18,19)26-9-3-1-8(2-4-9)23-13-11-6-5-10(27-16(20,21)22)7-12(11)24-14(13)25/h1-7,13,23H,(H,24,25). The lowest BCUT2D eigenvalue weighted by atomic mass is 10.1. The predicted octanol–water partition coefficient (Wildman–Crippen LogP) is 4.59. The van der Waals surface area contributed by atoms with E-state index in [0.717, 1.165) is 24.3 Å². The van der Waals surface area contributed by atoms with Gasteiger partial charge in [-0.3, -0.25) is 4.79 Å². The van der Waals surface area contributed by atoms with Crippen LogP contribution in [0.4, 0.5) is 37.7 Å². The largest absolute Gasteiger partial charge is 0.573 e. The number of carbonyl (C=O) groups excluding carboxylic acids is 1. The SMILES string of the molecule is O=C1Nc2cc(OC(F)(F)F)ccc2C1Nc1ccc(OC(F)(F)F)cc1. The minimum absolute atomic E-state index is 0.135. The van der Waals surface area contributed by atoms with Gasteiger partial charge in [0.05, 0.1) is 5.69 Å². The highest BCUT2D eigenvalue weighted by Crippen LogP contribution is 2.37. The van der Waals surface area contributed by atoms with Crippen LogP contribution < -0.4 is 20.1 Å². The molecule has 1 amide bonds. The van der Waals surface area contributed by atoms with Crippen molar-refractivity contribution < 1.29 is 40.6 Å². The molecule has 3 rings (SSSR count). The van der Waals surface area contributed by atoms with Crippen molar-refractivity contribution in [1.82, 2.24) is 0 Å². The molecular formula is C16H10F6N2O3. The van der Waals surface area contributed by atoms with Crippen LogP contribution in [0.1, 0.15) is 11.6 Å². The Morgan fingerprint density at radius 3 is 2.00 bits per heavy atom. The molecule has 2 aromatic carbocycles. The number of benzene rings is 2. The third kappa shape index (κ3) is 4.74. The van der Waals surface area contributed by atoms with Crippen molar-refractivity contribution in [2.75, 3.05) is 10.6 Å². The van der Waals surface area contributed by atoms with E-state index >= 15 is 0 Å². The topological polar surface area (TPSA) is 59.6 Å². The smallest absolute Gasteiger partial charge is 0.406 e. The van der Waals surface area contributed by atoms with E-state index in [1.165, 1.54) is 18.2 Å². The van der Waals surface area contributed by atoms with Crippen molar-refractivity contribution in [2.24, 2.45) is 0 Å². The quantitative estimate of drug-likeness (QED) is 0.748. The number of fused-ring (bicyclic) bond motifs is 1. The zero-order valence-electron chi connectivity index (χ0n) is 13.1. The second-order valence-electron chi connectivity index (χ2n) is 5.44. The van der Waals surface area contributed by atoms with E-state index in [1.807, 2.05) is 0 Å². The van der Waals surface area contributed by atoms with E-state index < -0.39 is 36.2 Å². The average Bonchev–Trinajstić information content (AvgIpc) is 2.81. The summed E-state index contributed by atoms with van der Waals surface area (Å²) >= 11 is 0. The Hall–Kier alpha value is -3.11. The first-order valence-corrected chi connectivity index (χ1v) is 7.33. The molecule has 27 heavy (non-hydrogen) atoms. The molecule has 144 valence electrons. The van der Waals surface area contributed by atoms with E-state index in [4.69, 9.17) is 0 Å². The summed E-state index contributed by atoms with van der Waals surface area (Å²) in [5.41, 5.74) is 0.814. The number of hydrogen-bond acceptors (Lipinski definition) is 4. The summed E-state index contributed by atoms with van der Waals surface area (Å²) in [6.45, 7) is 0. The predicted molar refractivity (Wildman–Crippen MR) is 81.2 cm³/mol. The first-order chi connectivity index (χ1) is 12.5. The normalized spacial score (nSPS) is 16.5. The van der Waals surface area contributed by atoms with Gasteiger partial charge in [0, 0.05) is 17.3 Å².